The number of ether oxygens (including phenoxy) is 2. The summed E-state index contributed by atoms with van der Waals surface area (Å²) in [6.07, 6.45) is 1.77. The number of fused-ring (bicyclic) bond motifs is 3. The lowest BCUT2D eigenvalue weighted by Gasteiger charge is -2.38. The molecule has 3 aromatic rings. The number of carboxylic acids is 1. The second-order valence-corrected chi connectivity index (χ2v) is 13.5. The molecule has 2 bridgehead atoms. The molecule has 0 aliphatic carbocycles. The summed E-state index contributed by atoms with van der Waals surface area (Å²) in [6.45, 7) is 6.92. The number of piperazine rings is 1. The molecule has 12 heteroatoms. The fraction of sp³-hybridized carbons (Fsp3) is 0.412. The standard InChI is InChI=1S/C34H35Cl2FN4O5/c1-18-12-39(13-19(2)38-18)23-8-27(35)31(28(36)9-23)33(42)40-14-20-4-3-5-24(32(20)46-17-40)25-11-30(26(34(43)44)10-29(25)37)41-21-6-7-22(41)16-45-15-21/h3-5,8-11,18-19,21-22,38H,6-7,12-17H2,1-2H3,(H,43,44)/t18-,19+,21?,22?. The lowest BCUT2D eigenvalue weighted by atomic mass is 9.96. The number of carbonyl (C=O) groups is 2. The third-order valence-corrected chi connectivity index (χ3v) is 9.99. The Labute approximate surface area is 276 Å². The van der Waals surface area contributed by atoms with E-state index in [4.69, 9.17) is 32.7 Å². The monoisotopic (exact) mass is 668 g/mol. The summed E-state index contributed by atoms with van der Waals surface area (Å²) < 4.78 is 27.5. The summed E-state index contributed by atoms with van der Waals surface area (Å²) in [4.78, 5) is 31.8. The third kappa shape index (κ3) is 5.55. The Morgan fingerprint density at radius 3 is 2.30 bits per heavy atom. The molecule has 46 heavy (non-hydrogen) atoms. The van der Waals surface area contributed by atoms with Gasteiger partial charge in [0.05, 0.1) is 58.7 Å². The van der Waals surface area contributed by atoms with Gasteiger partial charge in [-0.05, 0) is 51.0 Å². The summed E-state index contributed by atoms with van der Waals surface area (Å²) in [6, 6.07) is 12.3. The zero-order valence-corrected chi connectivity index (χ0v) is 27.1. The van der Waals surface area contributed by atoms with Crippen molar-refractivity contribution < 1.29 is 28.6 Å². The second-order valence-electron chi connectivity index (χ2n) is 12.7. The quantitative estimate of drug-likeness (QED) is 0.340. The average Bonchev–Trinajstić information content (AvgIpc) is 3.26. The lowest BCUT2D eigenvalue weighted by molar-refractivity contribution is 0.0516. The van der Waals surface area contributed by atoms with E-state index >= 15 is 4.39 Å². The Morgan fingerprint density at radius 1 is 0.978 bits per heavy atom. The molecule has 4 aliphatic heterocycles. The number of rotatable bonds is 5. The van der Waals surface area contributed by atoms with Crippen molar-refractivity contribution in [3.8, 4) is 16.9 Å². The molecule has 3 fully saturated rings. The Bertz CT molecular complexity index is 1670. The van der Waals surface area contributed by atoms with Gasteiger partial charge in [-0.3, -0.25) is 4.79 Å². The fourth-order valence-electron chi connectivity index (χ4n) is 7.43. The zero-order chi connectivity index (χ0) is 32.3. The summed E-state index contributed by atoms with van der Waals surface area (Å²) in [5, 5.41) is 14.0. The van der Waals surface area contributed by atoms with Crippen LogP contribution in [0.4, 0.5) is 15.8 Å². The maximum Gasteiger partial charge on any atom is 0.337 e. The fourth-order valence-corrected chi connectivity index (χ4v) is 8.07. The van der Waals surface area contributed by atoms with Crippen LogP contribution in [-0.2, 0) is 11.3 Å². The molecule has 1 amide bonds. The number of anilines is 2. The topological polar surface area (TPSA) is 94.6 Å². The number of hydrogen-bond donors (Lipinski definition) is 2. The highest BCUT2D eigenvalue weighted by Crippen LogP contribution is 2.43. The second kappa shape index (κ2) is 12.2. The Balaban J connectivity index is 1.17. The molecule has 2 unspecified atom stereocenters. The van der Waals surface area contributed by atoms with Crippen LogP contribution in [0.25, 0.3) is 11.1 Å². The molecule has 4 atom stereocenters. The first-order chi connectivity index (χ1) is 22.1. The molecule has 9 nitrogen and oxygen atoms in total. The van der Waals surface area contributed by atoms with Gasteiger partial charge in [0, 0.05) is 47.6 Å². The molecule has 4 aliphatic rings. The van der Waals surface area contributed by atoms with Gasteiger partial charge in [0.2, 0.25) is 0 Å². The van der Waals surface area contributed by atoms with Crippen LogP contribution in [-0.4, -0.2) is 79.1 Å². The van der Waals surface area contributed by atoms with E-state index in [-0.39, 0.29) is 58.0 Å². The van der Waals surface area contributed by atoms with Crippen molar-refractivity contribution in [3.63, 3.8) is 0 Å². The molecule has 3 saturated heterocycles. The van der Waals surface area contributed by atoms with E-state index in [0.717, 1.165) is 37.7 Å². The van der Waals surface area contributed by atoms with Crippen molar-refractivity contribution >= 4 is 46.5 Å². The Hall–Kier alpha value is -3.57. The number of benzene rings is 3. The van der Waals surface area contributed by atoms with Gasteiger partial charge in [0.1, 0.15) is 11.6 Å². The van der Waals surface area contributed by atoms with Crippen LogP contribution in [0, 0.1) is 5.82 Å². The van der Waals surface area contributed by atoms with E-state index in [1.807, 2.05) is 6.07 Å². The van der Waals surface area contributed by atoms with Crippen LogP contribution in [0.1, 0.15) is 53.0 Å². The van der Waals surface area contributed by atoms with Crippen LogP contribution in [0.3, 0.4) is 0 Å². The Kier molecular flexibility index (Phi) is 8.25. The summed E-state index contributed by atoms with van der Waals surface area (Å²) in [5.41, 5.74) is 2.86. The van der Waals surface area contributed by atoms with Crippen LogP contribution >= 0.6 is 23.2 Å². The summed E-state index contributed by atoms with van der Waals surface area (Å²) >= 11 is 13.4. The normalized spacial score (nSPS) is 24.1. The number of para-hydroxylation sites is 1. The minimum Gasteiger partial charge on any atom is -0.478 e. The van der Waals surface area contributed by atoms with Gasteiger partial charge in [-0.25, -0.2) is 9.18 Å². The van der Waals surface area contributed by atoms with Crippen molar-refractivity contribution in [2.75, 3.05) is 42.8 Å². The summed E-state index contributed by atoms with van der Waals surface area (Å²) in [7, 11) is 0. The van der Waals surface area contributed by atoms with E-state index in [2.05, 4.69) is 29.0 Å². The van der Waals surface area contributed by atoms with E-state index in [1.165, 1.54) is 4.90 Å². The first-order valence-electron chi connectivity index (χ1n) is 15.6. The molecule has 0 saturated carbocycles. The molecular weight excluding hydrogens is 634 g/mol. The highest BCUT2D eigenvalue weighted by Gasteiger charge is 2.40. The smallest absolute Gasteiger partial charge is 0.337 e. The van der Waals surface area contributed by atoms with Crippen LogP contribution in [0.15, 0.2) is 42.5 Å². The molecule has 7 rings (SSSR count). The predicted molar refractivity (Wildman–Crippen MR) is 175 cm³/mol. The van der Waals surface area contributed by atoms with Gasteiger partial charge in [-0.1, -0.05) is 41.4 Å². The maximum absolute atomic E-state index is 15.7. The van der Waals surface area contributed by atoms with Gasteiger partial charge >= 0.3 is 5.97 Å². The minimum atomic E-state index is -1.19. The van der Waals surface area contributed by atoms with Crippen molar-refractivity contribution in [1.82, 2.24) is 10.2 Å². The molecule has 2 N–H and O–H groups in total. The number of halogens is 3. The first-order valence-corrected chi connectivity index (χ1v) is 16.3. The molecule has 4 heterocycles. The van der Waals surface area contributed by atoms with Crippen LogP contribution in [0.2, 0.25) is 10.0 Å². The average molecular weight is 670 g/mol. The molecular formula is C34H35Cl2FN4O5. The molecule has 0 spiro atoms. The number of carboxylic acid groups (broad SMARTS) is 1. The van der Waals surface area contributed by atoms with E-state index in [1.54, 1.807) is 30.3 Å². The van der Waals surface area contributed by atoms with Crippen LogP contribution in [0.5, 0.6) is 5.75 Å². The highest BCUT2D eigenvalue weighted by molar-refractivity contribution is 6.40. The molecule has 0 aromatic heterocycles. The SMILES string of the molecule is C[C@@H]1CN(c2cc(Cl)c(C(=O)N3COc4c(cccc4-c4cc(N5C6CCC5COC6)c(C(=O)O)cc4F)C3)c(Cl)c2)C[C@H](C)N1. The number of nitrogens with one attached hydrogen (secondary N) is 1. The lowest BCUT2D eigenvalue weighted by Crippen LogP contribution is -2.54. The number of morpholine rings is 1. The third-order valence-electron chi connectivity index (χ3n) is 9.40. The van der Waals surface area contributed by atoms with Crippen LogP contribution < -0.4 is 19.9 Å². The van der Waals surface area contributed by atoms with Gasteiger partial charge < -0.3 is 34.6 Å². The Morgan fingerprint density at radius 2 is 1.65 bits per heavy atom. The highest BCUT2D eigenvalue weighted by atomic mass is 35.5. The molecule has 0 radical (unpaired) electrons. The van der Waals surface area contributed by atoms with Crippen molar-refractivity contribution in [2.24, 2.45) is 0 Å². The maximum atomic E-state index is 15.7. The number of carbonyl (C=O) groups excluding carboxylic acids is 1. The van der Waals surface area contributed by atoms with Gasteiger partial charge in [0.25, 0.3) is 5.91 Å². The predicted octanol–water partition coefficient (Wildman–Crippen LogP) is 6.04. The van der Waals surface area contributed by atoms with E-state index in [0.29, 0.717) is 47.9 Å². The van der Waals surface area contributed by atoms with Gasteiger partial charge in [0.15, 0.2) is 6.73 Å². The van der Waals surface area contributed by atoms with Crippen molar-refractivity contribution in [1.29, 1.82) is 0 Å². The largest absolute Gasteiger partial charge is 0.478 e. The van der Waals surface area contributed by atoms with Crippen molar-refractivity contribution in [3.05, 3.63) is 75.0 Å². The van der Waals surface area contributed by atoms with Gasteiger partial charge in [-0.2, -0.15) is 0 Å². The number of amides is 1. The van der Waals surface area contributed by atoms with E-state index in [9.17, 15) is 14.7 Å². The summed E-state index contributed by atoms with van der Waals surface area (Å²) in [5.74, 6) is -1.78. The van der Waals surface area contributed by atoms with Crippen molar-refractivity contribution in [2.45, 2.75) is 57.4 Å². The minimum absolute atomic E-state index is 0.0346. The van der Waals surface area contributed by atoms with E-state index < -0.39 is 11.8 Å². The number of nitrogens with zero attached hydrogens (tertiary/aromatic N) is 3. The first kappa shape index (κ1) is 31.1. The van der Waals surface area contributed by atoms with Gasteiger partial charge in [-0.15, -0.1) is 0 Å². The zero-order valence-electron chi connectivity index (χ0n) is 25.6. The number of hydrogen-bond acceptors (Lipinski definition) is 7. The molecule has 3 aromatic carbocycles. The molecule has 242 valence electrons. The number of aromatic carboxylic acids is 1.